The highest BCUT2D eigenvalue weighted by molar-refractivity contribution is 7.07. The van der Waals surface area contributed by atoms with Crippen molar-refractivity contribution in [2.45, 2.75) is 39.2 Å². The summed E-state index contributed by atoms with van der Waals surface area (Å²) in [6.07, 6.45) is 5.28. The molecule has 0 saturated heterocycles. The number of nitrogens with one attached hydrogen (secondary N) is 1. The first kappa shape index (κ1) is 14.2. The van der Waals surface area contributed by atoms with Crippen LogP contribution in [0.1, 0.15) is 42.6 Å². The minimum absolute atomic E-state index is 0.361. The zero-order chi connectivity index (χ0) is 13.5. The number of rotatable bonds is 7. The van der Waals surface area contributed by atoms with E-state index in [9.17, 15) is 0 Å². The maximum Gasteiger partial charge on any atom is 0.0575 e. The first-order valence-corrected chi connectivity index (χ1v) is 7.91. The van der Waals surface area contributed by atoms with Crippen molar-refractivity contribution in [2.75, 3.05) is 6.54 Å². The minimum atomic E-state index is 0.361. The quantitative estimate of drug-likeness (QED) is 0.821. The molecule has 2 nitrogen and oxygen atoms in total. The molecule has 2 heterocycles. The zero-order valence-electron chi connectivity index (χ0n) is 11.7. The highest BCUT2D eigenvalue weighted by Gasteiger charge is 2.12. The standard InChI is InChI=1S/C16H22N2S/c1-3-8-17-15(5-4-14-7-10-19-12-14)16-11-13(2)6-9-18-16/h6-7,9-12,15,17H,3-5,8H2,1-2H3. The monoisotopic (exact) mass is 274 g/mol. The summed E-state index contributed by atoms with van der Waals surface area (Å²) in [5.74, 6) is 0. The molecule has 2 aromatic heterocycles. The molecular weight excluding hydrogens is 252 g/mol. The van der Waals surface area contributed by atoms with Gasteiger partial charge in [0.05, 0.1) is 5.69 Å². The smallest absolute Gasteiger partial charge is 0.0575 e. The molecule has 0 amide bonds. The van der Waals surface area contributed by atoms with Gasteiger partial charge < -0.3 is 5.32 Å². The Labute approximate surface area is 119 Å². The number of hydrogen-bond donors (Lipinski definition) is 1. The van der Waals surface area contributed by atoms with Crippen LogP contribution >= 0.6 is 11.3 Å². The summed E-state index contributed by atoms with van der Waals surface area (Å²) in [5.41, 5.74) is 3.88. The summed E-state index contributed by atoms with van der Waals surface area (Å²) in [6.45, 7) is 5.37. The summed E-state index contributed by atoms with van der Waals surface area (Å²) in [6, 6.07) is 6.82. The molecule has 1 unspecified atom stereocenters. The number of hydrogen-bond acceptors (Lipinski definition) is 3. The fourth-order valence-corrected chi connectivity index (χ4v) is 2.87. The van der Waals surface area contributed by atoms with Crippen molar-refractivity contribution in [3.8, 4) is 0 Å². The Morgan fingerprint density at radius 2 is 2.26 bits per heavy atom. The predicted molar refractivity (Wildman–Crippen MR) is 82.6 cm³/mol. The Morgan fingerprint density at radius 3 is 2.95 bits per heavy atom. The van der Waals surface area contributed by atoms with Gasteiger partial charge in [-0.3, -0.25) is 4.98 Å². The van der Waals surface area contributed by atoms with Crippen LogP contribution in [0.15, 0.2) is 35.2 Å². The van der Waals surface area contributed by atoms with Gasteiger partial charge in [-0.25, -0.2) is 0 Å². The first-order chi connectivity index (χ1) is 9.29. The second-order valence-electron chi connectivity index (χ2n) is 4.94. The lowest BCUT2D eigenvalue weighted by molar-refractivity contribution is 0.489. The largest absolute Gasteiger partial charge is 0.309 e. The molecule has 0 bridgehead atoms. The van der Waals surface area contributed by atoms with Crippen molar-refractivity contribution >= 4 is 11.3 Å². The number of aromatic nitrogens is 1. The van der Waals surface area contributed by atoms with Crippen molar-refractivity contribution in [3.05, 3.63) is 52.0 Å². The zero-order valence-corrected chi connectivity index (χ0v) is 12.5. The van der Waals surface area contributed by atoms with E-state index in [0.29, 0.717) is 6.04 Å². The van der Waals surface area contributed by atoms with Crippen molar-refractivity contribution < 1.29 is 0 Å². The van der Waals surface area contributed by atoms with Crippen molar-refractivity contribution in [1.29, 1.82) is 0 Å². The summed E-state index contributed by atoms with van der Waals surface area (Å²) >= 11 is 1.77. The molecule has 0 spiro atoms. The predicted octanol–water partition coefficient (Wildman–Crippen LogP) is 4.13. The highest BCUT2D eigenvalue weighted by Crippen LogP contribution is 2.19. The van der Waals surface area contributed by atoms with Gasteiger partial charge in [-0.05, 0) is 72.8 Å². The van der Waals surface area contributed by atoms with E-state index in [-0.39, 0.29) is 0 Å². The molecule has 0 aliphatic heterocycles. The van der Waals surface area contributed by atoms with E-state index in [2.05, 4.69) is 53.1 Å². The Kier molecular flexibility index (Phi) is 5.55. The number of aryl methyl sites for hydroxylation is 2. The average molecular weight is 274 g/mol. The van der Waals surface area contributed by atoms with Gasteiger partial charge in [0.2, 0.25) is 0 Å². The van der Waals surface area contributed by atoms with Gasteiger partial charge in [-0.2, -0.15) is 11.3 Å². The Balaban J connectivity index is 2.02. The second kappa shape index (κ2) is 7.41. The summed E-state index contributed by atoms with van der Waals surface area (Å²) in [7, 11) is 0. The highest BCUT2D eigenvalue weighted by atomic mass is 32.1. The first-order valence-electron chi connectivity index (χ1n) is 6.96. The van der Waals surface area contributed by atoms with E-state index in [1.807, 2.05) is 6.20 Å². The van der Waals surface area contributed by atoms with Crippen LogP contribution in [-0.4, -0.2) is 11.5 Å². The third-order valence-electron chi connectivity index (χ3n) is 3.24. The van der Waals surface area contributed by atoms with Gasteiger partial charge in [0.25, 0.3) is 0 Å². The third-order valence-corrected chi connectivity index (χ3v) is 3.97. The van der Waals surface area contributed by atoms with Crippen molar-refractivity contribution in [1.82, 2.24) is 10.3 Å². The number of nitrogens with zero attached hydrogens (tertiary/aromatic N) is 1. The molecule has 102 valence electrons. The fraction of sp³-hybridized carbons (Fsp3) is 0.438. The van der Waals surface area contributed by atoms with Crippen LogP contribution < -0.4 is 5.32 Å². The lowest BCUT2D eigenvalue weighted by atomic mass is 10.0. The minimum Gasteiger partial charge on any atom is -0.309 e. The Hall–Kier alpha value is -1.19. The van der Waals surface area contributed by atoms with Gasteiger partial charge in [0, 0.05) is 12.2 Å². The lowest BCUT2D eigenvalue weighted by Gasteiger charge is -2.18. The SMILES string of the molecule is CCCNC(CCc1ccsc1)c1cc(C)ccn1. The van der Waals surface area contributed by atoms with Gasteiger partial charge in [0.1, 0.15) is 0 Å². The van der Waals surface area contributed by atoms with Crippen LogP contribution in [0, 0.1) is 6.92 Å². The van der Waals surface area contributed by atoms with Crippen LogP contribution in [0.2, 0.25) is 0 Å². The number of thiophene rings is 1. The molecule has 19 heavy (non-hydrogen) atoms. The molecule has 2 rings (SSSR count). The molecule has 0 aromatic carbocycles. The molecular formula is C16H22N2S. The van der Waals surface area contributed by atoms with Crippen LogP contribution in [0.5, 0.6) is 0 Å². The van der Waals surface area contributed by atoms with E-state index >= 15 is 0 Å². The maximum atomic E-state index is 4.53. The van der Waals surface area contributed by atoms with Crippen LogP contribution in [0.4, 0.5) is 0 Å². The average Bonchev–Trinajstić information content (AvgIpc) is 2.92. The van der Waals surface area contributed by atoms with E-state index in [4.69, 9.17) is 0 Å². The van der Waals surface area contributed by atoms with Gasteiger partial charge >= 0.3 is 0 Å². The Morgan fingerprint density at radius 1 is 1.37 bits per heavy atom. The summed E-state index contributed by atoms with van der Waals surface area (Å²) < 4.78 is 0. The van der Waals surface area contributed by atoms with Crippen LogP contribution in [0.25, 0.3) is 0 Å². The normalized spacial score (nSPS) is 12.5. The van der Waals surface area contributed by atoms with Crippen LogP contribution in [-0.2, 0) is 6.42 Å². The second-order valence-corrected chi connectivity index (χ2v) is 5.72. The van der Waals surface area contributed by atoms with E-state index in [1.54, 1.807) is 11.3 Å². The van der Waals surface area contributed by atoms with E-state index in [1.165, 1.54) is 16.8 Å². The van der Waals surface area contributed by atoms with E-state index in [0.717, 1.165) is 25.8 Å². The Bertz CT molecular complexity index is 479. The summed E-state index contributed by atoms with van der Waals surface area (Å²) in [5, 5.41) is 8.00. The fourth-order valence-electron chi connectivity index (χ4n) is 2.17. The molecule has 3 heteroatoms. The number of pyridine rings is 1. The molecule has 1 atom stereocenters. The summed E-state index contributed by atoms with van der Waals surface area (Å²) in [4.78, 5) is 4.53. The molecule has 0 fully saturated rings. The lowest BCUT2D eigenvalue weighted by Crippen LogP contribution is -2.23. The third kappa shape index (κ3) is 4.44. The topological polar surface area (TPSA) is 24.9 Å². The van der Waals surface area contributed by atoms with E-state index < -0.39 is 0 Å². The van der Waals surface area contributed by atoms with Crippen molar-refractivity contribution in [3.63, 3.8) is 0 Å². The maximum absolute atomic E-state index is 4.53. The van der Waals surface area contributed by atoms with Gasteiger partial charge in [-0.1, -0.05) is 6.92 Å². The van der Waals surface area contributed by atoms with Crippen LogP contribution in [0.3, 0.4) is 0 Å². The molecule has 0 radical (unpaired) electrons. The molecule has 0 aliphatic carbocycles. The molecule has 0 saturated carbocycles. The van der Waals surface area contributed by atoms with Gasteiger partial charge in [0.15, 0.2) is 0 Å². The molecule has 2 aromatic rings. The van der Waals surface area contributed by atoms with Crippen molar-refractivity contribution in [2.24, 2.45) is 0 Å². The molecule has 0 aliphatic rings. The van der Waals surface area contributed by atoms with Gasteiger partial charge in [-0.15, -0.1) is 0 Å². The molecule has 1 N–H and O–H groups in total.